The molecule has 41 heavy (non-hydrogen) atoms. The molecule has 0 saturated heterocycles. The smallest absolute Gasteiger partial charge is 0.243 e. The molecule has 0 aliphatic rings. The Morgan fingerprint density at radius 2 is 1.68 bits per heavy atom. The minimum Gasteiger partial charge on any atom is -0.354 e. The number of sulfonamides is 1. The second-order valence-electron chi connectivity index (χ2n) is 9.97. The van der Waals surface area contributed by atoms with Crippen molar-refractivity contribution >= 4 is 55.1 Å². The van der Waals surface area contributed by atoms with Crippen LogP contribution in [0.5, 0.6) is 0 Å². The van der Waals surface area contributed by atoms with E-state index in [2.05, 4.69) is 21.2 Å². The molecule has 1 N–H and O–H groups in total. The summed E-state index contributed by atoms with van der Waals surface area (Å²) in [6.07, 6.45) is 2.59. The molecule has 0 bridgehead atoms. The summed E-state index contributed by atoms with van der Waals surface area (Å²) in [6.45, 7) is 4.58. The van der Waals surface area contributed by atoms with E-state index in [-0.39, 0.29) is 37.7 Å². The molecule has 0 aliphatic carbocycles. The molecule has 3 aromatic rings. The minimum absolute atomic E-state index is 0.0615. The predicted octanol–water partition coefficient (Wildman–Crippen LogP) is 6.12. The average molecular weight is 663 g/mol. The lowest BCUT2D eigenvalue weighted by Gasteiger charge is -2.32. The van der Waals surface area contributed by atoms with Crippen LogP contribution in [0, 0.1) is 6.92 Å². The van der Waals surface area contributed by atoms with Crippen LogP contribution in [0.1, 0.15) is 42.9 Å². The zero-order chi connectivity index (χ0) is 30.0. The Labute approximate surface area is 257 Å². The number of carbonyl (C=O) groups excluding carboxylic acids is 2. The number of benzene rings is 3. The number of anilines is 1. The van der Waals surface area contributed by atoms with Crippen LogP contribution in [-0.4, -0.2) is 50.5 Å². The van der Waals surface area contributed by atoms with Gasteiger partial charge < -0.3 is 10.2 Å². The SMILES string of the molecule is CCCNC(=O)[C@@H](Cc1ccccc1)N(Cc1cccc(Br)c1)C(=O)CCCN(c1cccc(Cl)c1C)S(C)(=O)=O. The largest absolute Gasteiger partial charge is 0.354 e. The van der Waals surface area contributed by atoms with Gasteiger partial charge >= 0.3 is 0 Å². The van der Waals surface area contributed by atoms with Crippen molar-refractivity contribution in [3.8, 4) is 0 Å². The number of nitrogens with one attached hydrogen (secondary N) is 1. The summed E-state index contributed by atoms with van der Waals surface area (Å²) in [6, 6.07) is 21.6. The van der Waals surface area contributed by atoms with Crippen molar-refractivity contribution in [2.24, 2.45) is 0 Å². The van der Waals surface area contributed by atoms with E-state index in [4.69, 9.17) is 11.6 Å². The van der Waals surface area contributed by atoms with E-state index >= 15 is 0 Å². The van der Waals surface area contributed by atoms with Gasteiger partial charge in [0.25, 0.3) is 0 Å². The molecule has 3 rings (SSSR count). The quantitative estimate of drug-likeness (QED) is 0.225. The van der Waals surface area contributed by atoms with Crippen LogP contribution in [0.3, 0.4) is 0 Å². The zero-order valence-corrected chi connectivity index (χ0v) is 26.8. The first-order chi connectivity index (χ1) is 19.5. The van der Waals surface area contributed by atoms with Gasteiger partial charge in [0.1, 0.15) is 6.04 Å². The number of amides is 2. The molecule has 220 valence electrons. The van der Waals surface area contributed by atoms with Gasteiger partial charge in [-0.1, -0.05) is 83.0 Å². The van der Waals surface area contributed by atoms with E-state index in [0.29, 0.717) is 29.2 Å². The highest BCUT2D eigenvalue weighted by atomic mass is 79.9. The van der Waals surface area contributed by atoms with Crippen LogP contribution >= 0.6 is 27.5 Å². The Hall–Kier alpha value is -2.88. The van der Waals surface area contributed by atoms with Crippen LogP contribution in [0.2, 0.25) is 5.02 Å². The van der Waals surface area contributed by atoms with Gasteiger partial charge in [-0.2, -0.15) is 0 Å². The summed E-state index contributed by atoms with van der Waals surface area (Å²) in [5.74, 6) is -0.444. The van der Waals surface area contributed by atoms with E-state index in [9.17, 15) is 18.0 Å². The van der Waals surface area contributed by atoms with Crippen LogP contribution in [-0.2, 0) is 32.6 Å². The number of rotatable bonds is 14. The van der Waals surface area contributed by atoms with Crippen molar-refractivity contribution in [3.05, 3.63) is 99.0 Å². The molecule has 0 unspecified atom stereocenters. The zero-order valence-electron chi connectivity index (χ0n) is 23.6. The van der Waals surface area contributed by atoms with Crippen LogP contribution in [0.15, 0.2) is 77.3 Å². The monoisotopic (exact) mass is 661 g/mol. The highest BCUT2D eigenvalue weighted by molar-refractivity contribution is 9.10. The highest BCUT2D eigenvalue weighted by Gasteiger charge is 2.30. The third-order valence-electron chi connectivity index (χ3n) is 6.72. The second kappa shape index (κ2) is 15.4. The van der Waals surface area contributed by atoms with E-state index in [0.717, 1.165) is 28.3 Å². The normalized spacial score (nSPS) is 12.0. The predicted molar refractivity (Wildman–Crippen MR) is 170 cm³/mol. The van der Waals surface area contributed by atoms with Gasteiger partial charge in [-0.15, -0.1) is 0 Å². The van der Waals surface area contributed by atoms with Crippen LogP contribution in [0.4, 0.5) is 5.69 Å². The molecule has 0 heterocycles. The number of nitrogens with zero attached hydrogens (tertiary/aromatic N) is 2. The van der Waals surface area contributed by atoms with E-state index in [1.807, 2.05) is 61.5 Å². The number of hydrogen-bond acceptors (Lipinski definition) is 4. The Bertz CT molecular complexity index is 1440. The first kappa shape index (κ1) is 32.6. The van der Waals surface area contributed by atoms with E-state index < -0.39 is 16.1 Å². The van der Waals surface area contributed by atoms with Gasteiger partial charge in [0, 0.05) is 42.0 Å². The fourth-order valence-corrected chi connectivity index (χ4v) is 6.23. The summed E-state index contributed by atoms with van der Waals surface area (Å²) in [5.41, 5.74) is 2.95. The van der Waals surface area contributed by atoms with Crippen LogP contribution in [0.25, 0.3) is 0 Å². The summed E-state index contributed by atoms with van der Waals surface area (Å²) in [5, 5.41) is 3.44. The van der Waals surface area contributed by atoms with Crippen molar-refractivity contribution in [2.75, 3.05) is 23.7 Å². The first-order valence-electron chi connectivity index (χ1n) is 13.6. The average Bonchev–Trinajstić information content (AvgIpc) is 2.93. The van der Waals surface area contributed by atoms with Crippen molar-refractivity contribution in [3.63, 3.8) is 0 Å². The van der Waals surface area contributed by atoms with Gasteiger partial charge in [0.15, 0.2) is 0 Å². The first-order valence-corrected chi connectivity index (χ1v) is 16.6. The number of hydrogen-bond donors (Lipinski definition) is 1. The molecule has 3 aromatic carbocycles. The maximum Gasteiger partial charge on any atom is 0.243 e. The number of halogens is 2. The third-order valence-corrected chi connectivity index (χ3v) is 8.80. The van der Waals surface area contributed by atoms with Gasteiger partial charge in [-0.05, 0) is 60.7 Å². The molecular formula is C31H37BrClN3O4S. The fraction of sp³-hybridized carbons (Fsp3) is 0.355. The molecule has 7 nitrogen and oxygen atoms in total. The molecule has 1 atom stereocenters. The Balaban J connectivity index is 1.89. The molecular weight excluding hydrogens is 626 g/mol. The van der Waals surface area contributed by atoms with Crippen molar-refractivity contribution < 1.29 is 18.0 Å². The molecule has 0 fully saturated rings. The van der Waals surface area contributed by atoms with E-state index in [1.165, 1.54) is 4.31 Å². The Kier molecular flexibility index (Phi) is 12.2. The topological polar surface area (TPSA) is 86.8 Å². The van der Waals surface area contributed by atoms with Crippen molar-refractivity contribution in [1.29, 1.82) is 0 Å². The van der Waals surface area contributed by atoms with Gasteiger partial charge in [0.2, 0.25) is 21.8 Å². The number of carbonyl (C=O) groups is 2. The molecule has 0 aliphatic heterocycles. The summed E-state index contributed by atoms with van der Waals surface area (Å²) < 4.78 is 27.6. The van der Waals surface area contributed by atoms with Crippen molar-refractivity contribution in [1.82, 2.24) is 10.2 Å². The summed E-state index contributed by atoms with van der Waals surface area (Å²) in [4.78, 5) is 29.0. The summed E-state index contributed by atoms with van der Waals surface area (Å²) in [7, 11) is -3.63. The van der Waals surface area contributed by atoms with Gasteiger partial charge in [-0.3, -0.25) is 13.9 Å². The lowest BCUT2D eigenvalue weighted by atomic mass is 10.0. The van der Waals surface area contributed by atoms with Gasteiger partial charge in [0.05, 0.1) is 11.9 Å². The minimum atomic E-state index is -3.63. The Morgan fingerprint density at radius 1 is 1.00 bits per heavy atom. The highest BCUT2D eigenvalue weighted by Crippen LogP contribution is 2.28. The fourth-order valence-electron chi connectivity index (χ4n) is 4.60. The van der Waals surface area contributed by atoms with Crippen LogP contribution < -0.4 is 9.62 Å². The molecule has 2 amide bonds. The standard InChI is InChI=1S/C31H37BrClN3O4S/c1-4-18-34-31(38)29(21-24-11-6-5-7-12-24)35(22-25-13-8-14-26(32)20-25)30(37)17-10-19-36(41(3,39)40)28-16-9-15-27(33)23(28)2/h5-9,11-16,20,29H,4,10,17-19,21-22H2,1-3H3,(H,34,38)/t29-/m1/s1. The molecule has 0 spiro atoms. The molecule has 0 radical (unpaired) electrons. The van der Waals surface area contributed by atoms with Gasteiger partial charge in [-0.25, -0.2) is 8.42 Å². The lowest BCUT2D eigenvalue weighted by Crippen LogP contribution is -2.50. The maximum atomic E-state index is 13.9. The maximum absolute atomic E-state index is 13.9. The van der Waals surface area contributed by atoms with E-state index in [1.54, 1.807) is 30.0 Å². The molecule has 0 saturated carbocycles. The second-order valence-corrected chi connectivity index (χ2v) is 13.2. The lowest BCUT2D eigenvalue weighted by molar-refractivity contribution is -0.141. The molecule has 0 aromatic heterocycles. The van der Waals surface area contributed by atoms with Crippen molar-refractivity contribution in [2.45, 2.75) is 52.1 Å². The molecule has 10 heteroatoms. The summed E-state index contributed by atoms with van der Waals surface area (Å²) >= 11 is 9.76. The third kappa shape index (κ3) is 9.58. The Morgan fingerprint density at radius 3 is 2.34 bits per heavy atom.